The van der Waals surface area contributed by atoms with Crippen LogP contribution in [-0.2, 0) is 4.79 Å². The van der Waals surface area contributed by atoms with Gasteiger partial charge in [0.15, 0.2) is 0 Å². The highest BCUT2D eigenvalue weighted by molar-refractivity contribution is 5.81. The van der Waals surface area contributed by atoms with Gasteiger partial charge in [0, 0.05) is 12.1 Å². The molecule has 1 aromatic carbocycles. The molecule has 0 fully saturated rings. The maximum atomic E-state index is 11.9. The Morgan fingerprint density at radius 1 is 1.17 bits per heavy atom. The first-order valence-corrected chi connectivity index (χ1v) is 6.66. The molecule has 0 aliphatic heterocycles. The van der Waals surface area contributed by atoms with E-state index in [1.165, 1.54) is 5.56 Å². The molecule has 1 rings (SSSR count). The second-order valence-electron chi connectivity index (χ2n) is 4.84. The average molecular weight is 248 g/mol. The van der Waals surface area contributed by atoms with Crippen molar-refractivity contribution in [2.24, 2.45) is 0 Å². The lowest BCUT2D eigenvalue weighted by Gasteiger charge is -2.21. The predicted octanol–water partition coefficient (Wildman–Crippen LogP) is 2.64. The zero-order valence-corrected chi connectivity index (χ0v) is 11.7. The van der Waals surface area contributed by atoms with Gasteiger partial charge in [-0.25, -0.2) is 0 Å². The highest BCUT2D eigenvalue weighted by atomic mass is 16.2. The Morgan fingerprint density at radius 2 is 1.78 bits per heavy atom. The molecule has 0 spiro atoms. The van der Waals surface area contributed by atoms with E-state index in [1.807, 2.05) is 32.0 Å². The first kappa shape index (κ1) is 14.7. The summed E-state index contributed by atoms with van der Waals surface area (Å²) in [5, 5.41) is 6.30. The number of rotatable bonds is 6. The quantitative estimate of drug-likeness (QED) is 0.812. The summed E-state index contributed by atoms with van der Waals surface area (Å²) in [5.74, 6) is 0.0622. The van der Waals surface area contributed by atoms with Gasteiger partial charge in [0.25, 0.3) is 0 Å². The molecule has 0 bridgehead atoms. The molecular weight excluding hydrogens is 224 g/mol. The van der Waals surface area contributed by atoms with Gasteiger partial charge in [-0.3, -0.25) is 10.1 Å². The average Bonchev–Trinajstić information content (AvgIpc) is 2.39. The molecule has 0 heterocycles. The summed E-state index contributed by atoms with van der Waals surface area (Å²) in [6.45, 7) is 8.06. The molecule has 100 valence electrons. The zero-order chi connectivity index (χ0) is 13.5. The van der Waals surface area contributed by atoms with Crippen molar-refractivity contribution in [2.75, 3.05) is 0 Å². The highest BCUT2D eigenvalue weighted by Gasteiger charge is 2.17. The van der Waals surface area contributed by atoms with Crippen molar-refractivity contribution in [2.45, 2.75) is 52.2 Å². The molecule has 1 amide bonds. The monoisotopic (exact) mass is 248 g/mol. The number of carbonyl (C=O) groups is 1. The number of hydrogen-bond donors (Lipinski definition) is 2. The normalized spacial score (nSPS) is 15.8. The van der Waals surface area contributed by atoms with E-state index in [-0.39, 0.29) is 24.0 Å². The van der Waals surface area contributed by atoms with Crippen molar-refractivity contribution in [1.29, 1.82) is 0 Å². The van der Waals surface area contributed by atoms with Crippen molar-refractivity contribution in [3.05, 3.63) is 35.9 Å². The topological polar surface area (TPSA) is 41.1 Å². The number of hydrogen-bond acceptors (Lipinski definition) is 2. The fourth-order valence-electron chi connectivity index (χ4n) is 1.76. The molecule has 1 aromatic rings. The van der Waals surface area contributed by atoms with E-state index in [2.05, 4.69) is 36.6 Å². The van der Waals surface area contributed by atoms with E-state index in [9.17, 15) is 4.79 Å². The molecule has 0 aliphatic carbocycles. The van der Waals surface area contributed by atoms with E-state index >= 15 is 0 Å². The lowest BCUT2D eigenvalue weighted by molar-refractivity contribution is -0.123. The molecule has 3 atom stereocenters. The van der Waals surface area contributed by atoms with Crippen LogP contribution in [0.3, 0.4) is 0 Å². The fourth-order valence-corrected chi connectivity index (χ4v) is 1.76. The van der Waals surface area contributed by atoms with Crippen LogP contribution in [0.25, 0.3) is 0 Å². The number of amides is 1. The van der Waals surface area contributed by atoms with Crippen molar-refractivity contribution < 1.29 is 4.79 Å². The fraction of sp³-hybridized carbons (Fsp3) is 0.533. The van der Waals surface area contributed by atoms with Crippen molar-refractivity contribution in [3.63, 3.8) is 0 Å². The summed E-state index contributed by atoms with van der Waals surface area (Å²) in [7, 11) is 0. The van der Waals surface area contributed by atoms with Crippen molar-refractivity contribution in [1.82, 2.24) is 10.6 Å². The standard InChI is InChI=1S/C15H24N2O/c1-5-11(2)16-15(18)13(4)17-12(3)14-9-7-6-8-10-14/h6-13,17H,5H2,1-4H3,(H,16,18)/t11?,12-,13?/m1/s1. The number of benzene rings is 1. The molecule has 0 radical (unpaired) electrons. The molecule has 3 nitrogen and oxygen atoms in total. The Kier molecular flexibility index (Phi) is 5.86. The first-order chi connectivity index (χ1) is 8.54. The molecule has 0 saturated carbocycles. The predicted molar refractivity (Wildman–Crippen MR) is 75.4 cm³/mol. The molecule has 0 aromatic heterocycles. The Morgan fingerprint density at radius 3 is 2.33 bits per heavy atom. The summed E-state index contributed by atoms with van der Waals surface area (Å²) in [6.07, 6.45) is 0.951. The van der Waals surface area contributed by atoms with E-state index in [1.54, 1.807) is 0 Å². The summed E-state index contributed by atoms with van der Waals surface area (Å²) >= 11 is 0. The lowest BCUT2D eigenvalue weighted by Crippen LogP contribution is -2.45. The van der Waals surface area contributed by atoms with Crippen LogP contribution in [0, 0.1) is 0 Å². The van der Waals surface area contributed by atoms with Gasteiger partial charge in [0.1, 0.15) is 0 Å². The first-order valence-electron chi connectivity index (χ1n) is 6.66. The minimum absolute atomic E-state index is 0.0622. The lowest BCUT2D eigenvalue weighted by atomic mass is 10.1. The van der Waals surface area contributed by atoms with Gasteiger partial charge in [0.05, 0.1) is 6.04 Å². The van der Waals surface area contributed by atoms with Crippen LogP contribution in [0.15, 0.2) is 30.3 Å². The van der Waals surface area contributed by atoms with E-state index in [0.29, 0.717) is 0 Å². The zero-order valence-electron chi connectivity index (χ0n) is 11.7. The molecular formula is C15H24N2O. The minimum atomic E-state index is -0.186. The van der Waals surface area contributed by atoms with Crippen LogP contribution in [0.5, 0.6) is 0 Å². The minimum Gasteiger partial charge on any atom is -0.352 e. The third kappa shape index (κ3) is 4.49. The maximum absolute atomic E-state index is 11.9. The smallest absolute Gasteiger partial charge is 0.237 e. The van der Waals surface area contributed by atoms with Crippen molar-refractivity contribution >= 4 is 5.91 Å². The van der Waals surface area contributed by atoms with Gasteiger partial charge in [-0.2, -0.15) is 0 Å². The number of carbonyl (C=O) groups excluding carboxylic acids is 1. The molecule has 2 unspecified atom stereocenters. The maximum Gasteiger partial charge on any atom is 0.237 e. The van der Waals surface area contributed by atoms with Crippen LogP contribution in [0.1, 0.15) is 45.7 Å². The van der Waals surface area contributed by atoms with E-state index in [4.69, 9.17) is 0 Å². The van der Waals surface area contributed by atoms with Crippen LogP contribution >= 0.6 is 0 Å². The van der Waals surface area contributed by atoms with Crippen LogP contribution in [-0.4, -0.2) is 18.0 Å². The van der Waals surface area contributed by atoms with Gasteiger partial charge in [-0.05, 0) is 32.8 Å². The molecule has 0 saturated heterocycles. The van der Waals surface area contributed by atoms with Crippen LogP contribution in [0.2, 0.25) is 0 Å². The largest absolute Gasteiger partial charge is 0.352 e. The van der Waals surface area contributed by atoms with Crippen LogP contribution < -0.4 is 10.6 Å². The Labute approximate surface area is 110 Å². The van der Waals surface area contributed by atoms with E-state index < -0.39 is 0 Å². The molecule has 0 aliphatic rings. The van der Waals surface area contributed by atoms with Gasteiger partial charge in [0.2, 0.25) is 5.91 Å². The molecule has 2 N–H and O–H groups in total. The van der Waals surface area contributed by atoms with Gasteiger partial charge >= 0.3 is 0 Å². The third-order valence-electron chi connectivity index (χ3n) is 3.19. The third-order valence-corrected chi connectivity index (χ3v) is 3.19. The Hall–Kier alpha value is -1.35. The summed E-state index contributed by atoms with van der Waals surface area (Å²) in [4.78, 5) is 11.9. The van der Waals surface area contributed by atoms with Crippen molar-refractivity contribution in [3.8, 4) is 0 Å². The second-order valence-corrected chi connectivity index (χ2v) is 4.84. The molecule has 18 heavy (non-hydrogen) atoms. The van der Waals surface area contributed by atoms with E-state index in [0.717, 1.165) is 6.42 Å². The summed E-state index contributed by atoms with van der Waals surface area (Å²) < 4.78 is 0. The Balaban J connectivity index is 2.49. The highest BCUT2D eigenvalue weighted by Crippen LogP contribution is 2.11. The van der Waals surface area contributed by atoms with Gasteiger partial charge in [-0.1, -0.05) is 37.3 Å². The Bertz CT molecular complexity index is 364. The van der Waals surface area contributed by atoms with Gasteiger partial charge < -0.3 is 5.32 Å². The van der Waals surface area contributed by atoms with Crippen LogP contribution in [0.4, 0.5) is 0 Å². The second kappa shape index (κ2) is 7.17. The summed E-state index contributed by atoms with van der Waals surface area (Å²) in [5.41, 5.74) is 1.20. The SMILES string of the molecule is CCC(C)NC(=O)C(C)N[C@H](C)c1ccccc1. The summed E-state index contributed by atoms with van der Waals surface area (Å²) in [6, 6.07) is 10.4. The number of nitrogens with one attached hydrogen (secondary N) is 2. The van der Waals surface area contributed by atoms with Gasteiger partial charge in [-0.15, -0.1) is 0 Å². The molecule has 3 heteroatoms.